The van der Waals surface area contributed by atoms with E-state index in [9.17, 15) is 19.1 Å². The molecule has 5 nitrogen and oxygen atoms in total. The molecule has 1 saturated heterocycles. The quantitative estimate of drug-likeness (QED) is 0.796. The summed E-state index contributed by atoms with van der Waals surface area (Å²) in [5.74, 6) is -0.751. The number of likely N-dealkylation sites (tertiary alicyclic amines) is 1. The molecule has 0 saturated carbocycles. The van der Waals surface area contributed by atoms with Crippen molar-refractivity contribution in [2.75, 3.05) is 33.3 Å². The van der Waals surface area contributed by atoms with Crippen LogP contribution in [0.1, 0.15) is 12.0 Å². The van der Waals surface area contributed by atoms with Gasteiger partial charge in [0, 0.05) is 25.6 Å². The molecule has 1 atom stereocenters. The van der Waals surface area contributed by atoms with E-state index in [-0.39, 0.29) is 30.8 Å². The number of likely N-dealkylation sites (N-methyl/N-ethyl adjacent to an activating group) is 1. The van der Waals surface area contributed by atoms with Crippen LogP contribution in [-0.4, -0.2) is 60.0 Å². The SMILES string of the molecule is C=CC(=O)N(C)CC(=O)N1CCC(CO)(Cc2ccc(F)cc2)C1. The van der Waals surface area contributed by atoms with E-state index in [1.54, 1.807) is 24.1 Å². The molecule has 130 valence electrons. The Bertz CT molecular complexity index is 617. The zero-order valence-electron chi connectivity index (χ0n) is 13.9. The van der Waals surface area contributed by atoms with Gasteiger partial charge in [-0.1, -0.05) is 18.7 Å². The molecule has 0 radical (unpaired) electrons. The monoisotopic (exact) mass is 334 g/mol. The first-order chi connectivity index (χ1) is 11.4. The zero-order valence-corrected chi connectivity index (χ0v) is 13.9. The van der Waals surface area contributed by atoms with E-state index in [1.807, 2.05) is 0 Å². The Labute approximate surface area is 141 Å². The van der Waals surface area contributed by atoms with Crippen LogP contribution < -0.4 is 0 Å². The highest BCUT2D eigenvalue weighted by molar-refractivity contribution is 5.90. The first-order valence-corrected chi connectivity index (χ1v) is 7.90. The number of benzene rings is 1. The first-order valence-electron chi connectivity index (χ1n) is 7.90. The van der Waals surface area contributed by atoms with Crippen LogP contribution in [0.4, 0.5) is 4.39 Å². The van der Waals surface area contributed by atoms with Gasteiger partial charge < -0.3 is 14.9 Å². The molecule has 0 aliphatic carbocycles. The molecule has 0 aromatic heterocycles. The normalized spacial score (nSPS) is 20.0. The third-order valence-corrected chi connectivity index (χ3v) is 4.54. The largest absolute Gasteiger partial charge is 0.396 e. The van der Waals surface area contributed by atoms with Crippen LogP contribution in [0.5, 0.6) is 0 Å². The van der Waals surface area contributed by atoms with Crippen LogP contribution in [0.2, 0.25) is 0 Å². The average molecular weight is 334 g/mol. The van der Waals surface area contributed by atoms with Gasteiger partial charge in [-0.15, -0.1) is 0 Å². The van der Waals surface area contributed by atoms with Crippen molar-refractivity contribution in [1.82, 2.24) is 9.80 Å². The van der Waals surface area contributed by atoms with Crippen LogP contribution in [0, 0.1) is 11.2 Å². The first kappa shape index (κ1) is 18.1. The lowest BCUT2D eigenvalue weighted by Crippen LogP contribution is -2.41. The number of rotatable bonds is 6. The van der Waals surface area contributed by atoms with Gasteiger partial charge in [-0.3, -0.25) is 9.59 Å². The Morgan fingerprint density at radius 3 is 2.67 bits per heavy atom. The average Bonchev–Trinajstić information content (AvgIpc) is 3.01. The topological polar surface area (TPSA) is 60.9 Å². The second kappa shape index (κ2) is 7.57. The molecule has 2 amide bonds. The second-order valence-electron chi connectivity index (χ2n) is 6.43. The molecule has 1 aliphatic heterocycles. The molecular weight excluding hydrogens is 311 g/mol. The van der Waals surface area contributed by atoms with Gasteiger partial charge in [0.1, 0.15) is 5.82 Å². The van der Waals surface area contributed by atoms with Crippen LogP contribution in [0.25, 0.3) is 0 Å². The molecule has 6 heteroatoms. The highest BCUT2D eigenvalue weighted by Gasteiger charge is 2.39. The number of hydrogen-bond donors (Lipinski definition) is 1. The number of amides is 2. The lowest BCUT2D eigenvalue weighted by atomic mass is 9.81. The molecule has 1 aliphatic rings. The Morgan fingerprint density at radius 1 is 1.42 bits per heavy atom. The highest BCUT2D eigenvalue weighted by atomic mass is 19.1. The molecule has 24 heavy (non-hydrogen) atoms. The molecule has 1 N–H and O–H groups in total. The summed E-state index contributed by atoms with van der Waals surface area (Å²) in [6.45, 7) is 4.31. The summed E-state index contributed by atoms with van der Waals surface area (Å²) in [6, 6.07) is 6.20. The number of aliphatic hydroxyl groups excluding tert-OH is 1. The molecule has 1 heterocycles. The van der Waals surface area contributed by atoms with Crippen molar-refractivity contribution in [2.24, 2.45) is 5.41 Å². The summed E-state index contributed by atoms with van der Waals surface area (Å²) in [5.41, 5.74) is 0.507. The fourth-order valence-corrected chi connectivity index (χ4v) is 3.05. The Kier molecular flexibility index (Phi) is 5.72. The zero-order chi connectivity index (χ0) is 17.7. The van der Waals surface area contributed by atoms with Crippen molar-refractivity contribution in [3.8, 4) is 0 Å². The van der Waals surface area contributed by atoms with Crippen molar-refractivity contribution in [1.29, 1.82) is 0 Å². The fraction of sp³-hybridized carbons (Fsp3) is 0.444. The summed E-state index contributed by atoms with van der Waals surface area (Å²) < 4.78 is 13.0. The Hall–Kier alpha value is -2.21. The van der Waals surface area contributed by atoms with E-state index in [0.717, 1.165) is 5.56 Å². The van der Waals surface area contributed by atoms with E-state index in [2.05, 4.69) is 6.58 Å². The molecule has 0 bridgehead atoms. The maximum Gasteiger partial charge on any atom is 0.246 e. The number of nitrogens with zero attached hydrogens (tertiary/aromatic N) is 2. The van der Waals surface area contributed by atoms with Crippen LogP contribution in [-0.2, 0) is 16.0 Å². The Balaban J connectivity index is 2.00. The van der Waals surface area contributed by atoms with Gasteiger partial charge in [-0.05, 0) is 36.6 Å². The maximum absolute atomic E-state index is 13.0. The molecule has 1 aromatic carbocycles. The lowest BCUT2D eigenvalue weighted by Gasteiger charge is -2.28. The van der Waals surface area contributed by atoms with Crippen molar-refractivity contribution in [2.45, 2.75) is 12.8 Å². The van der Waals surface area contributed by atoms with E-state index in [4.69, 9.17) is 0 Å². The van der Waals surface area contributed by atoms with Gasteiger partial charge in [0.05, 0.1) is 13.2 Å². The van der Waals surface area contributed by atoms with E-state index >= 15 is 0 Å². The number of hydrogen-bond acceptors (Lipinski definition) is 3. The standard InChI is InChI=1S/C18H23FN2O3/c1-3-16(23)20(2)11-17(24)21-9-8-18(12-21,13-22)10-14-4-6-15(19)7-5-14/h3-7,22H,1,8-13H2,2H3. The van der Waals surface area contributed by atoms with Crippen molar-refractivity contribution in [3.63, 3.8) is 0 Å². The number of carbonyl (C=O) groups excluding carboxylic acids is 2. The summed E-state index contributed by atoms with van der Waals surface area (Å²) in [5, 5.41) is 9.85. The van der Waals surface area contributed by atoms with Crippen LogP contribution in [0.3, 0.4) is 0 Å². The second-order valence-corrected chi connectivity index (χ2v) is 6.43. The van der Waals surface area contributed by atoms with Gasteiger partial charge in [0.2, 0.25) is 11.8 Å². The maximum atomic E-state index is 13.0. The molecule has 2 rings (SSSR count). The molecule has 0 spiro atoms. The van der Waals surface area contributed by atoms with Gasteiger partial charge in [0.15, 0.2) is 0 Å². The third kappa shape index (κ3) is 4.20. The predicted molar refractivity (Wildman–Crippen MR) is 88.7 cm³/mol. The van der Waals surface area contributed by atoms with Crippen LogP contribution >= 0.6 is 0 Å². The summed E-state index contributed by atoms with van der Waals surface area (Å²) >= 11 is 0. The van der Waals surface area contributed by atoms with Gasteiger partial charge >= 0.3 is 0 Å². The predicted octanol–water partition coefficient (Wildman–Crippen LogP) is 1.22. The molecule has 1 aromatic rings. The Morgan fingerprint density at radius 2 is 2.08 bits per heavy atom. The summed E-state index contributed by atoms with van der Waals surface area (Å²) in [7, 11) is 1.55. The van der Waals surface area contributed by atoms with E-state index in [1.165, 1.54) is 23.1 Å². The van der Waals surface area contributed by atoms with Gasteiger partial charge in [-0.25, -0.2) is 4.39 Å². The van der Waals surface area contributed by atoms with Crippen molar-refractivity contribution >= 4 is 11.8 Å². The lowest BCUT2D eigenvalue weighted by molar-refractivity contribution is -0.136. The smallest absolute Gasteiger partial charge is 0.246 e. The van der Waals surface area contributed by atoms with Crippen molar-refractivity contribution in [3.05, 3.63) is 48.3 Å². The fourth-order valence-electron chi connectivity index (χ4n) is 3.05. The number of halogens is 1. The third-order valence-electron chi connectivity index (χ3n) is 4.54. The molecule has 1 fully saturated rings. The van der Waals surface area contributed by atoms with E-state index < -0.39 is 5.41 Å². The highest BCUT2D eigenvalue weighted by Crippen LogP contribution is 2.34. The van der Waals surface area contributed by atoms with Gasteiger partial charge in [0.25, 0.3) is 0 Å². The minimum Gasteiger partial charge on any atom is -0.396 e. The molecular formula is C18H23FN2O3. The molecule has 1 unspecified atom stereocenters. The number of aliphatic hydroxyl groups is 1. The number of carbonyl (C=O) groups is 2. The summed E-state index contributed by atoms with van der Waals surface area (Å²) in [4.78, 5) is 26.8. The van der Waals surface area contributed by atoms with E-state index in [0.29, 0.717) is 25.9 Å². The van der Waals surface area contributed by atoms with Crippen LogP contribution in [0.15, 0.2) is 36.9 Å². The minimum absolute atomic E-state index is 0.0110. The summed E-state index contributed by atoms with van der Waals surface area (Å²) in [6.07, 6.45) is 2.42. The van der Waals surface area contributed by atoms with Gasteiger partial charge in [-0.2, -0.15) is 0 Å². The minimum atomic E-state index is -0.422. The van der Waals surface area contributed by atoms with Crippen molar-refractivity contribution < 1.29 is 19.1 Å².